The summed E-state index contributed by atoms with van der Waals surface area (Å²) in [7, 11) is 0. The van der Waals surface area contributed by atoms with Gasteiger partial charge < -0.3 is 15.2 Å². The van der Waals surface area contributed by atoms with Gasteiger partial charge in [-0.2, -0.15) is 0 Å². The molecule has 0 saturated heterocycles. The van der Waals surface area contributed by atoms with Crippen molar-refractivity contribution in [3.8, 4) is 0 Å². The maximum Gasteiger partial charge on any atom is 0.307 e. The largest absolute Gasteiger partial charge is 0.466 e. The van der Waals surface area contributed by atoms with E-state index < -0.39 is 0 Å². The maximum atomic E-state index is 11.0. The molecular weight excluding hydrogens is 182 g/mol. The number of carbonyl (C=O) groups is 1. The Hall–Kier alpha value is -0.610. The third kappa shape index (κ3) is 8.01. The first-order valence-electron chi connectivity index (χ1n) is 5.20. The Morgan fingerprint density at radius 2 is 2.21 bits per heavy atom. The van der Waals surface area contributed by atoms with Gasteiger partial charge in [0.15, 0.2) is 0 Å². The number of hydrogen-bond acceptors (Lipinski definition) is 4. The summed E-state index contributed by atoms with van der Waals surface area (Å²) in [6.07, 6.45) is 2.15. The normalized spacial score (nSPS) is 12.5. The third-order valence-corrected chi connectivity index (χ3v) is 1.86. The maximum absolute atomic E-state index is 11.0. The molecule has 0 aliphatic heterocycles. The molecule has 0 aromatic heterocycles. The number of aliphatic hydroxyl groups is 1. The van der Waals surface area contributed by atoms with Crippen LogP contribution in [0.15, 0.2) is 0 Å². The van der Waals surface area contributed by atoms with Crippen molar-refractivity contribution >= 4 is 5.97 Å². The van der Waals surface area contributed by atoms with E-state index in [2.05, 4.69) is 5.32 Å². The van der Waals surface area contributed by atoms with Crippen molar-refractivity contribution in [2.24, 2.45) is 0 Å². The monoisotopic (exact) mass is 203 g/mol. The van der Waals surface area contributed by atoms with Gasteiger partial charge in [0, 0.05) is 12.6 Å². The molecule has 0 heterocycles. The van der Waals surface area contributed by atoms with E-state index in [1.54, 1.807) is 6.92 Å². The summed E-state index contributed by atoms with van der Waals surface area (Å²) in [5, 5.41) is 11.7. The molecule has 0 aromatic carbocycles. The minimum absolute atomic E-state index is 0.146. The lowest BCUT2D eigenvalue weighted by molar-refractivity contribution is -0.143. The van der Waals surface area contributed by atoms with Crippen molar-refractivity contribution in [1.29, 1.82) is 0 Å². The Morgan fingerprint density at radius 3 is 2.79 bits per heavy atom. The Labute approximate surface area is 85.6 Å². The topological polar surface area (TPSA) is 58.6 Å². The molecule has 4 nitrogen and oxygen atoms in total. The van der Waals surface area contributed by atoms with Gasteiger partial charge in [-0.1, -0.05) is 0 Å². The van der Waals surface area contributed by atoms with Crippen LogP contribution in [0.25, 0.3) is 0 Å². The van der Waals surface area contributed by atoms with E-state index >= 15 is 0 Å². The van der Waals surface area contributed by atoms with E-state index in [0.717, 1.165) is 19.4 Å². The van der Waals surface area contributed by atoms with Crippen LogP contribution in [0.3, 0.4) is 0 Å². The smallest absolute Gasteiger partial charge is 0.307 e. The zero-order chi connectivity index (χ0) is 10.8. The first-order chi connectivity index (χ1) is 6.70. The number of unbranched alkanes of at least 4 members (excludes halogenated alkanes) is 1. The summed E-state index contributed by atoms with van der Waals surface area (Å²) in [5.41, 5.74) is 0. The molecule has 0 rings (SSSR count). The summed E-state index contributed by atoms with van der Waals surface area (Å²) in [6, 6.07) is 0.146. The second-order valence-electron chi connectivity index (χ2n) is 3.30. The lowest BCUT2D eigenvalue weighted by atomic mass is 10.2. The lowest BCUT2D eigenvalue weighted by Crippen LogP contribution is -2.30. The van der Waals surface area contributed by atoms with E-state index in [9.17, 15) is 4.79 Å². The molecule has 0 fully saturated rings. The number of carbonyl (C=O) groups excluding carboxylic acids is 1. The zero-order valence-corrected chi connectivity index (χ0v) is 9.08. The molecule has 1 unspecified atom stereocenters. The highest BCUT2D eigenvalue weighted by atomic mass is 16.5. The Balaban J connectivity index is 3.35. The van der Waals surface area contributed by atoms with E-state index in [0.29, 0.717) is 13.0 Å². The van der Waals surface area contributed by atoms with Gasteiger partial charge in [0.2, 0.25) is 0 Å². The quantitative estimate of drug-likeness (QED) is 0.450. The molecule has 0 saturated carbocycles. The minimum Gasteiger partial charge on any atom is -0.466 e. The first-order valence-corrected chi connectivity index (χ1v) is 5.20. The summed E-state index contributed by atoms with van der Waals surface area (Å²) in [5.74, 6) is -0.158. The van der Waals surface area contributed by atoms with Gasteiger partial charge >= 0.3 is 5.97 Å². The van der Waals surface area contributed by atoms with Crippen molar-refractivity contribution in [2.75, 3.05) is 19.8 Å². The van der Waals surface area contributed by atoms with Crippen LogP contribution in [-0.4, -0.2) is 36.9 Å². The highest BCUT2D eigenvalue weighted by Gasteiger charge is 2.08. The molecule has 14 heavy (non-hydrogen) atoms. The zero-order valence-electron chi connectivity index (χ0n) is 9.08. The Bertz CT molecular complexity index is 150. The van der Waals surface area contributed by atoms with Crippen LogP contribution in [-0.2, 0) is 9.53 Å². The van der Waals surface area contributed by atoms with Crippen molar-refractivity contribution < 1.29 is 14.6 Å². The summed E-state index contributed by atoms with van der Waals surface area (Å²) in [4.78, 5) is 11.0. The predicted octanol–water partition coefficient (Wildman–Crippen LogP) is 0.690. The number of hydrogen-bond donors (Lipinski definition) is 2. The molecule has 0 aliphatic rings. The van der Waals surface area contributed by atoms with E-state index in [4.69, 9.17) is 9.84 Å². The number of esters is 1. The SMILES string of the molecule is CCOC(=O)CC(C)NCCCCO. The van der Waals surface area contributed by atoms with Crippen LogP contribution in [0.1, 0.15) is 33.1 Å². The minimum atomic E-state index is -0.158. The third-order valence-electron chi connectivity index (χ3n) is 1.86. The molecule has 84 valence electrons. The van der Waals surface area contributed by atoms with Gasteiger partial charge in [-0.25, -0.2) is 0 Å². The van der Waals surface area contributed by atoms with Gasteiger partial charge in [0.05, 0.1) is 13.0 Å². The van der Waals surface area contributed by atoms with Crippen molar-refractivity contribution in [1.82, 2.24) is 5.32 Å². The van der Waals surface area contributed by atoms with Crippen LogP contribution >= 0.6 is 0 Å². The first kappa shape index (κ1) is 13.4. The molecule has 2 N–H and O–H groups in total. The highest BCUT2D eigenvalue weighted by Crippen LogP contribution is 1.95. The summed E-state index contributed by atoms with van der Waals surface area (Å²) < 4.78 is 4.82. The molecule has 4 heteroatoms. The number of rotatable bonds is 8. The van der Waals surface area contributed by atoms with Gasteiger partial charge in [-0.15, -0.1) is 0 Å². The van der Waals surface area contributed by atoms with Crippen molar-refractivity contribution in [3.05, 3.63) is 0 Å². The van der Waals surface area contributed by atoms with Crippen LogP contribution in [0.4, 0.5) is 0 Å². The second-order valence-corrected chi connectivity index (χ2v) is 3.30. The van der Waals surface area contributed by atoms with Gasteiger partial charge in [0.1, 0.15) is 0 Å². The molecule has 0 bridgehead atoms. The van der Waals surface area contributed by atoms with Crippen LogP contribution in [0.2, 0.25) is 0 Å². The second kappa shape index (κ2) is 8.97. The van der Waals surface area contributed by atoms with E-state index in [1.807, 2.05) is 6.92 Å². The molecule has 1 atom stereocenters. The fraction of sp³-hybridized carbons (Fsp3) is 0.900. The fourth-order valence-electron chi connectivity index (χ4n) is 1.13. The van der Waals surface area contributed by atoms with Crippen LogP contribution in [0, 0.1) is 0 Å². The van der Waals surface area contributed by atoms with E-state index in [1.165, 1.54) is 0 Å². The highest BCUT2D eigenvalue weighted by molar-refractivity contribution is 5.69. The van der Waals surface area contributed by atoms with Crippen molar-refractivity contribution in [3.63, 3.8) is 0 Å². The number of aliphatic hydroxyl groups excluding tert-OH is 1. The lowest BCUT2D eigenvalue weighted by Gasteiger charge is -2.12. The standard InChI is InChI=1S/C10H21NO3/c1-3-14-10(13)8-9(2)11-6-4-5-7-12/h9,11-12H,3-8H2,1-2H3. The molecule has 0 aliphatic carbocycles. The summed E-state index contributed by atoms with van der Waals surface area (Å²) in [6.45, 7) is 5.26. The van der Waals surface area contributed by atoms with Gasteiger partial charge in [-0.3, -0.25) is 4.79 Å². The summed E-state index contributed by atoms with van der Waals surface area (Å²) >= 11 is 0. The Kier molecular flexibility index (Phi) is 8.57. The van der Waals surface area contributed by atoms with Gasteiger partial charge in [0.25, 0.3) is 0 Å². The fourth-order valence-corrected chi connectivity index (χ4v) is 1.13. The van der Waals surface area contributed by atoms with Gasteiger partial charge in [-0.05, 0) is 33.2 Å². The predicted molar refractivity (Wildman–Crippen MR) is 55.0 cm³/mol. The van der Waals surface area contributed by atoms with Crippen LogP contribution < -0.4 is 5.32 Å². The Morgan fingerprint density at radius 1 is 1.50 bits per heavy atom. The molecule has 0 spiro atoms. The van der Waals surface area contributed by atoms with Crippen LogP contribution in [0.5, 0.6) is 0 Å². The average molecular weight is 203 g/mol. The molecule has 0 aromatic rings. The average Bonchev–Trinajstić information content (AvgIpc) is 2.13. The molecule has 0 amide bonds. The molecule has 0 radical (unpaired) electrons. The number of nitrogens with one attached hydrogen (secondary N) is 1. The van der Waals surface area contributed by atoms with E-state index in [-0.39, 0.29) is 18.6 Å². The number of ether oxygens (including phenoxy) is 1. The molecular formula is C10H21NO3. The van der Waals surface area contributed by atoms with Crippen molar-refractivity contribution in [2.45, 2.75) is 39.2 Å².